The van der Waals surface area contributed by atoms with Crippen LogP contribution in [0, 0.1) is 0 Å². The lowest BCUT2D eigenvalue weighted by Gasteiger charge is -2.14. The summed E-state index contributed by atoms with van der Waals surface area (Å²) in [7, 11) is 0. The van der Waals surface area contributed by atoms with E-state index < -0.39 is 0 Å². The molecule has 112 heavy (non-hydrogen) atoms. The third-order valence-corrected chi connectivity index (χ3v) is 26.1. The van der Waals surface area contributed by atoms with Gasteiger partial charge in [0.2, 0.25) is 0 Å². The number of nitrogens with zero attached hydrogens (tertiary/aromatic N) is 4. The highest BCUT2D eigenvalue weighted by atomic mass is 32.1. The summed E-state index contributed by atoms with van der Waals surface area (Å²) in [5, 5.41) is 10.3. The second-order valence-corrected chi connectivity index (χ2v) is 32.6. The van der Waals surface area contributed by atoms with Gasteiger partial charge in [0.05, 0.1) is 22.8 Å². The number of benzene rings is 16. The normalized spacial score (nSPS) is 11.6. The Morgan fingerprint density at radius 1 is 0.143 bits per heavy atom. The topological polar surface area (TPSA) is 51.6 Å². The first-order chi connectivity index (χ1) is 55.4. The van der Waals surface area contributed by atoms with E-state index in [0.29, 0.717) is 11.6 Å². The molecule has 0 saturated carbocycles. The maximum absolute atomic E-state index is 5.36. The molecule has 0 aliphatic rings. The van der Waals surface area contributed by atoms with Crippen LogP contribution in [0.2, 0.25) is 0 Å². The summed E-state index contributed by atoms with van der Waals surface area (Å²) in [6.07, 6.45) is 0. The molecule has 524 valence electrons. The molecular weight excluding hydrogens is 1430 g/mol. The first-order valence-corrected chi connectivity index (χ1v) is 40.9. The van der Waals surface area contributed by atoms with Crippen molar-refractivity contribution in [3.63, 3.8) is 0 Å². The SMILES string of the molecule is c1ccc(-c2ccc(-c3nc(-c4ccccc4)cc(-c4cc(-c5ccc6sc7ccccc7c6c5)cc(-c5ccc6sc7ccccc7c6c5)c4)n3)cc2)cc1.c1ccc(-c2ccc(-c3nc(-c4ccccc4)cc(-c4cc(-c5cccc6c5sc5ccccc56)cc(-c5cccc6c5sc5ccccc56)c4)n3)cc2)cc1. The molecule has 0 radical (unpaired) electrons. The van der Waals surface area contributed by atoms with Crippen LogP contribution >= 0.6 is 45.3 Å². The van der Waals surface area contributed by atoms with Gasteiger partial charge in [0.1, 0.15) is 0 Å². The van der Waals surface area contributed by atoms with Crippen LogP contribution in [-0.4, -0.2) is 19.9 Å². The monoisotopic (exact) mass is 1500 g/mol. The maximum Gasteiger partial charge on any atom is 0.160 e. The minimum Gasteiger partial charge on any atom is -0.228 e. The fraction of sp³-hybridized carbons (Fsp3) is 0. The Bertz CT molecular complexity index is 7080. The Morgan fingerprint density at radius 2 is 0.411 bits per heavy atom. The van der Waals surface area contributed by atoms with Gasteiger partial charge in [-0.05, 0) is 164 Å². The van der Waals surface area contributed by atoms with Crippen LogP contribution < -0.4 is 0 Å². The van der Waals surface area contributed by atoms with Crippen LogP contribution in [0.4, 0.5) is 0 Å². The van der Waals surface area contributed by atoms with Gasteiger partial charge in [-0.25, -0.2) is 19.9 Å². The van der Waals surface area contributed by atoms with E-state index in [1.54, 1.807) is 0 Å². The van der Waals surface area contributed by atoms with Gasteiger partial charge in [-0.2, -0.15) is 0 Å². The molecule has 6 aromatic heterocycles. The van der Waals surface area contributed by atoms with Crippen molar-refractivity contribution in [2.24, 2.45) is 0 Å². The minimum absolute atomic E-state index is 0.699. The summed E-state index contributed by atoms with van der Waals surface area (Å²) in [6, 6.07) is 140. The number of hydrogen-bond acceptors (Lipinski definition) is 8. The molecule has 8 heteroatoms. The molecule has 22 aromatic rings. The first kappa shape index (κ1) is 66.7. The molecule has 0 aliphatic heterocycles. The molecule has 22 rings (SSSR count). The second-order valence-electron chi connectivity index (χ2n) is 28.3. The zero-order valence-corrected chi connectivity index (χ0v) is 63.6. The molecular formula is C104H64N4S4. The van der Waals surface area contributed by atoms with E-state index in [0.717, 1.165) is 78.4 Å². The van der Waals surface area contributed by atoms with Crippen molar-refractivity contribution in [1.82, 2.24) is 19.9 Å². The molecule has 0 aliphatic carbocycles. The summed E-state index contributed by atoms with van der Waals surface area (Å²) in [6.45, 7) is 0. The van der Waals surface area contributed by atoms with Gasteiger partial charge in [-0.1, -0.05) is 291 Å². The highest BCUT2D eigenvalue weighted by Crippen LogP contribution is 2.47. The number of aromatic nitrogens is 4. The molecule has 6 heterocycles. The van der Waals surface area contributed by atoms with Gasteiger partial charge >= 0.3 is 0 Å². The Kier molecular flexibility index (Phi) is 17.0. The van der Waals surface area contributed by atoms with Gasteiger partial charge in [-0.3, -0.25) is 0 Å². The average Bonchev–Trinajstić information content (AvgIpc) is 1.60. The third-order valence-electron chi connectivity index (χ3n) is 21.4. The van der Waals surface area contributed by atoms with E-state index >= 15 is 0 Å². The van der Waals surface area contributed by atoms with Gasteiger partial charge in [0.25, 0.3) is 0 Å². The van der Waals surface area contributed by atoms with Crippen LogP contribution in [0.25, 0.3) is 215 Å². The fourth-order valence-corrected chi connectivity index (χ4v) is 20.5. The summed E-state index contributed by atoms with van der Waals surface area (Å²) < 4.78 is 10.4. The van der Waals surface area contributed by atoms with Crippen LogP contribution in [0.5, 0.6) is 0 Å². The van der Waals surface area contributed by atoms with E-state index in [1.165, 1.54) is 125 Å². The summed E-state index contributed by atoms with van der Waals surface area (Å²) in [5.74, 6) is 1.40. The maximum atomic E-state index is 5.36. The zero-order valence-electron chi connectivity index (χ0n) is 60.4. The molecule has 0 fully saturated rings. The Hall–Kier alpha value is -13.4. The standard InChI is InChI=1S/2C52H32N2S2/c1-3-13-33(14-4-1)34-25-27-36(28-26-34)52-53-46(35-15-5-2-6-16-35)32-47(54-52)39-30-37(40-19-11-21-44-42-17-7-9-23-48(42)55-50(40)44)29-38(31-39)41-20-12-22-45-43-18-8-10-24-49(43)56-51(41)45;1-3-11-33(12-4-1)34-19-21-36(22-20-34)52-53-46(35-13-5-2-6-14-35)32-47(54-52)41-28-39(37-23-25-50-44(30-37)42-15-7-9-17-48(42)55-50)27-40(29-41)38-24-26-51-45(31-38)43-16-8-10-18-49(43)56-51/h2*1-32H. The van der Waals surface area contributed by atoms with Crippen LogP contribution in [0.15, 0.2) is 388 Å². The van der Waals surface area contributed by atoms with E-state index in [2.05, 4.69) is 370 Å². The van der Waals surface area contributed by atoms with Crippen LogP contribution in [0.3, 0.4) is 0 Å². The van der Waals surface area contributed by atoms with Crippen LogP contribution in [-0.2, 0) is 0 Å². The van der Waals surface area contributed by atoms with Gasteiger partial charge < -0.3 is 0 Å². The van der Waals surface area contributed by atoms with Crippen molar-refractivity contribution >= 4 is 126 Å². The lowest BCUT2D eigenvalue weighted by molar-refractivity contribution is 1.18. The summed E-state index contributed by atoms with van der Waals surface area (Å²) in [5.41, 5.74) is 23.9. The lowest BCUT2D eigenvalue weighted by atomic mass is 9.93. The van der Waals surface area contributed by atoms with E-state index in [-0.39, 0.29) is 0 Å². The second kappa shape index (κ2) is 28.5. The van der Waals surface area contributed by atoms with Gasteiger partial charge in [0, 0.05) is 114 Å². The summed E-state index contributed by atoms with van der Waals surface area (Å²) in [4.78, 5) is 21.0. The largest absolute Gasteiger partial charge is 0.228 e. The highest BCUT2D eigenvalue weighted by molar-refractivity contribution is 7.27. The number of rotatable bonds is 12. The van der Waals surface area contributed by atoms with Crippen molar-refractivity contribution in [2.45, 2.75) is 0 Å². The molecule has 0 unspecified atom stereocenters. The number of thiophene rings is 4. The Morgan fingerprint density at radius 3 is 0.804 bits per heavy atom. The molecule has 0 amide bonds. The summed E-state index contributed by atoms with van der Waals surface area (Å²) >= 11 is 7.44. The van der Waals surface area contributed by atoms with Gasteiger partial charge in [-0.15, -0.1) is 45.3 Å². The van der Waals surface area contributed by atoms with Crippen molar-refractivity contribution in [3.8, 4) is 135 Å². The molecule has 4 nitrogen and oxygen atoms in total. The highest BCUT2D eigenvalue weighted by Gasteiger charge is 2.21. The molecule has 16 aromatic carbocycles. The molecule has 0 bridgehead atoms. The first-order valence-electron chi connectivity index (χ1n) is 37.6. The van der Waals surface area contributed by atoms with E-state index in [4.69, 9.17) is 19.9 Å². The molecule has 0 saturated heterocycles. The molecule has 0 spiro atoms. The lowest BCUT2D eigenvalue weighted by Crippen LogP contribution is -1.97. The zero-order chi connectivity index (χ0) is 74.0. The predicted octanol–water partition coefficient (Wildman–Crippen LogP) is 30.4. The van der Waals surface area contributed by atoms with Crippen LogP contribution in [0.1, 0.15) is 0 Å². The van der Waals surface area contributed by atoms with Crippen molar-refractivity contribution in [2.75, 3.05) is 0 Å². The van der Waals surface area contributed by atoms with Gasteiger partial charge in [0.15, 0.2) is 11.6 Å². The molecule has 0 N–H and O–H groups in total. The quantitative estimate of drug-likeness (QED) is 0.122. The van der Waals surface area contributed by atoms with E-state index in [1.807, 2.05) is 63.5 Å². The van der Waals surface area contributed by atoms with Crippen molar-refractivity contribution in [3.05, 3.63) is 388 Å². The number of fused-ring (bicyclic) bond motifs is 12. The van der Waals surface area contributed by atoms with Crippen molar-refractivity contribution < 1.29 is 0 Å². The Balaban J connectivity index is 0.000000141. The fourth-order valence-electron chi connectivity index (χ4n) is 15.8. The Labute approximate surface area is 663 Å². The average molecular weight is 1500 g/mol. The minimum atomic E-state index is 0.699. The predicted molar refractivity (Wildman–Crippen MR) is 481 cm³/mol. The number of hydrogen-bond donors (Lipinski definition) is 0. The van der Waals surface area contributed by atoms with Crippen molar-refractivity contribution in [1.29, 1.82) is 0 Å². The van der Waals surface area contributed by atoms with E-state index in [9.17, 15) is 0 Å². The molecule has 0 atom stereocenters. The smallest absolute Gasteiger partial charge is 0.160 e. The third kappa shape index (κ3) is 12.6.